The Labute approximate surface area is 164 Å². The first kappa shape index (κ1) is 21.4. The molecule has 1 aromatic rings. The van der Waals surface area contributed by atoms with E-state index in [2.05, 4.69) is 48.4 Å². The van der Waals surface area contributed by atoms with Crippen molar-refractivity contribution in [1.29, 1.82) is 0 Å². The van der Waals surface area contributed by atoms with Gasteiger partial charge in [-0.05, 0) is 37.8 Å². The van der Waals surface area contributed by atoms with E-state index in [4.69, 9.17) is 14.5 Å². The summed E-state index contributed by atoms with van der Waals surface area (Å²) in [7, 11) is 1.73. The molecule has 2 rings (SSSR count). The van der Waals surface area contributed by atoms with Crippen LogP contribution in [-0.4, -0.2) is 58.5 Å². The average molecular weight is 377 g/mol. The van der Waals surface area contributed by atoms with Crippen molar-refractivity contribution in [2.45, 2.75) is 39.7 Å². The molecule has 1 fully saturated rings. The molecule has 6 nitrogen and oxygen atoms in total. The number of rotatable bonds is 10. The van der Waals surface area contributed by atoms with Crippen molar-refractivity contribution in [2.24, 2.45) is 10.9 Å². The third-order valence-corrected chi connectivity index (χ3v) is 4.47. The van der Waals surface area contributed by atoms with Crippen molar-refractivity contribution in [2.75, 3.05) is 51.4 Å². The molecule has 0 radical (unpaired) electrons. The van der Waals surface area contributed by atoms with Crippen LogP contribution in [0.1, 0.15) is 33.6 Å². The lowest BCUT2D eigenvalue weighted by molar-refractivity contribution is 0.109. The number of nitrogens with zero attached hydrogens (tertiary/aromatic N) is 2. The molecule has 6 heteroatoms. The number of nitrogens with one attached hydrogen (secondary N) is 2. The summed E-state index contributed by atoms with van der Waals surface area (Å²) in [6.07, 6.45) is 2.03. The molecule has 0 bridgehead atoms. The Balaban J connectivity index is 1.81. The lowest BCUT2D eigenvalue weighted by atomic mass is 10.2. The lowest BCUT2D eigenvalue weighted by Crippen LogP contribution is -2.44. The molecule has 0 amide bonds. The fraction of sp³-hybridized carbons (Fsp3) is 0.667. The number of benzene rings is 1. The van der Waals surface area contributed by atoms with Crippen LogP contribution in [0.3, 0.4) is 0 Å². The summed E-state index contributed by atoms with van der Waals surface area (Å²) in [5.74, 6) is 2.41. The highest BCUT2D eigenvalue weighted by atomic mass is 16.5. The molecular formula is C21H36N4O2. The van der Waals surface area contributed by atoms with E-state index < -0.39 is 0 Å². The molecule has 2 N–H and O–H groups in total. The maximum absolute atomic E-state index is 5.63. The van der Waals surface area contributed by atoms with E-state index in [1.54, 1.807) is 7.11 Å². The Morgan fingerprint density at radius 1 is 1.33 bits per heavy atom. The minimum absolute atomic E-state index is 0.380. The second-order valence-electron chi connectivity index (χ2n) is 7.33. The number of hydrogen-bond donors (Lipinski definition) is 2. The first-order valence-electron chi connectivity index (χ1n) is 10.1. The van der Waals surface area contributed by atoms with Gasteiger partial charge in [-0.2, -0.15) is 0 Å². The second kappa shape index (κ2) is 11.7. The summed E-state index contributed by atoms with van der Waals surface area (Å²) in [5, 5.41) is 6.93. The summed E-state index contributed by atoms with van der Waals surface area (Å²) >= 11 is 0. The predicted octanol–water partition coefficient (Wildman–Crippen LogP) is 2.89. The number of anilines is 1. The van der Waals surface area contributed by atoms with Crippen molar-refractivity contribution in [3.8, 4) is 5.75 Å². The SMILES string of the molecule is CCNC(=NCCCOCC(C)C)NC1CCN(c2ccccc2OC)C1. The van der Waals surface area contributed by atoms with Crippen molar-refractivity contribution < 1.29 is 9.47 Å². The molecule has 1 aromatic carbocycles. The van der Waals surface area contributed by atoms with E-state index in [0.717, 1.165) is 69.6 Å². The molecule has 27 heavy (non-hydrogen) atoms. The molecule has 1 saturated heterocycles. The molecule has 1 aliphatic heterocycles. The standard InChI is InChI=1S/C21H36N4O2/c1-5-22-21(23-12-8-14-27-16-17(2)3)24-18-11-13-25(15-18)19-9-6-7-10-20(19)26-4/h6-7,9-10,17-18H,5,8,11-16H2,1-4H3,(H2,22,23,24). The molecule has 1 atom stereocenters. The van der Waals surface area contributed by atoms with Crippen molar-refractivity contribution >= 4 is 11.6 Å². The number of hydrogen-bond acceptors (Lipinski definition) is 4. The van der Waals surface area contributed by atoms with Gasteiger partial charge in [-0.25, -0.2) is 0 Å². The van der Waals surface area contributed by atoms with Gasteiger partial charge in [-0.1, -0.05) is 26.0 Å². The second-order valence-corrected chi connectivity index (χ2v) is 7.33. The maximum atomic E-state index is 5.63. The number of aliphatic imine (C=N–C) groups is 1. The zero-order chi connectivity index (χ0) is 19.5. The third-order valence-electron chi connectivity index (χ3n) is 4.47. The molecule has 1 aliphatic rings. The van der Waals surface area contributed by atoms with Gasteiger partial charge < -0.3 is 25.0 Å². The normalized spacial score (nSPS) is 17.4. The van der Waals surface area contributed by atoms with Gasteiger partial charge in [0, 0.05) is 45.4 Å². The van der Waals surface area contributed by atoms with E-state index in [-0.39, 0.29) is 0 Å². The van der Waals surface area contributed by atoms with Gasteiger partial charge in [0.1, 0.15) is 5.75 Å². The zero-order valence-electron chi connectivity index (χ0n) is 17.3. The highest BCUT2D eigenvalue weighted by Gasteiger charge is 2.25. The van der Waals surface area contributed by atoms with Crippen molar-refractivity contribution in [3.63, 3.8) is 0 Å². The molecule has 0 spiro atoms. The van der Waals surface area contributed by atoms with E-state index in [1.165, 1.54) is 0 Å². The summed E-state index contributed by atoms with van der Waals surface area (Å²) in [4.78, 5) is 7.07. The van der Waals surface area contributed by atoms with Gasteiger partial charge in [0.2, 0.25) is 0 Å². The summed E-state index contributed by atoms with van der Waals surface area (Å²) in [5.41, 5.74) is 1.16. The van der Waals surface area contributed by atoms with Gasteiger partial charge in [0.15, 0.2) is 5.96 Å². The maximum Gasteiger partial charge on any atom is 0.191 e. The molecule has 0 aliphatic carbocycles. The van der Waals surface area contributed by atoms with E-state index >= 15 is 0 Å². The predicted molar refractivity (Wildman–Crippen MR) is 113 cm³/mol. The van der Waals surface area contributed by atoms with Gasteiger partial charge in [0.05, 0.1) is 12.8 Å². The van der Waals surface area contributed by atoms with Crippen LogP contribution < -0.4 is 20.3 Å². The van der Waals surface area contributed by atoms with E-state index in [0.29, 0.717) is 12.0 Å². The van der Waals surface area contributed by atoms with Crippen LogP contribution >= 0.6 is 0 Å². The summed E-state index contributed by atoms with van der Waals surface area (Å²) in [6, 6.07) is 8.59. The van der Waals surface area contributed by atoms with Crippen molar-refractivity contribution in [3.05, 3.63) is 24.3 Å². The molecule has 0 aromatic heterocycles. The van der Waals surface area contributed by atoms with Gasteiger partial charge in [-0.3, -0.25) is 4.99 Å². The Kier molecular flexibility index (Phi) is 9.25. The smallest absolute Gasteiger partial charge is 0.191 e. The van der Waals surface area contributed by atoms with Crippen LogP contribution in [0.2, 0.25) is 0 Å². The molecular weight excluding hydrogens is 340 g/mol. The number of para-hydroxylation sites is 2. The lowest BCUT2D eigenvalue weighted by Gasteiger charge is -2.22. The summed E-state index contributed by atoms with van der Waals surface area (Å²) < 4.78 is 11.1. The minimum atomic E-state index is 0.380. The van der Waals surface area contributed by atoms with Gasteiger partial charge in [0.25, 0.3) is 0 Å². The van der Waals surface area contributed by atoms with Crippen LogP contribution in [0, 0.1) is 5.92 Å². The third kappa shape index (κ3) is 7.29. The Bertz CT molecular complexity index is 577. The topological polar surface area (TPSA) is 58.1 Å². The van der Waals surface area contributed by atoms with E-state index in [9.17, 15) is 0 Å². The minimum Gasteiger partial charge on any atom is -0.495 e. The van der Waals surface area contributed by atoms with Crippen LogP contribution in [-0.2, 0) is 4.74 Å². The van der Waals surface area contributed by atoms with E-state index in [1.807, 2.05) is 12.1 Å². The van der Waals surface area contributed by atoms with Crippen LogP contribution in [0.5, 0.6) is 5.75 Å². The molecule has 1 unspecified atom stereocenters. The number of methoxy groups -OCH3 is 1. The number of guanidine groups is 1. The van der Waals surface area contributed by atoms with Crippen LogP contribution in [0.4, 0.5) is 5.69 Å². The monoisotopic (exact) mass is 376 g/mol. The molecule has 1 heterocycles. The largest absolute Gasteiger partial charge is 0.495 e. The van der Waals surface area contributed by atoms with Crippen molar-refractivity contribution in [1.82, 2.24) is 10.6 Å². The fourth-order valence-corrected chi connectivity index (χ4v) is 3.18. The molecule has 152 valence electrons. The Morgan fingerprint density at radius 3 is 2.89 bits per heavy atom. The Morgan fingerprint density at radius 2 is 2.15 bits per heavy atom. The first-order chi connectivity index (χ1) is 13.1. The van der Waals surface area contributed by atoms with Crippen LogP contribution in [0.15, 0.2) is 29.3 Å². The molecule has 0 saturated carbocycles. The van der Waals surface area contributed by atoms with Gasteiger partial charge in [-0.15, -0.1) is 0 Å². The first-order valence-corrected chi connectivity index (χ1v) is 10.1. The quantitative estimate of drug-likeness (QED) is 0.374. The zero-order valence-corrected chi connectivity index (χ0v) is 17.3. The highest BCUT2D eigenvalue weighted by Crippen LogP contribution is 2.30. The summed E-state index contributed by atoms with van der Waals surface area (Å²) in [6.45, 7) is 11.6. The Hall–Kier alpha value is -1.95. The van der Waals surface area contributed by atoms with Gasteiger partial charge >= 0.3 is 0 Å². The highest BCUT2D eigenvalue weighted by molar-refractivity contribution is 5.80. The number of ether oxygens (including phenoxy) is 2. The fourth-order valence-electron chi connectivity index (χ4n) is 3.18. The average Bonchev–Trinajstić information content (AvgIpc) is 3.12. The van der Waals surface area contributed by atoms with Crippen LogP contribution in [0.25, 0.3) is 0 Å².